The molecule has 284 valence electrons. The number of hydrogen-bond donors (Lipinski definition) is 2. The lowest BCUT2D eigenvalue weighted by Crippen LogP contribution is -2.30. The second-order valence-corrected chi connectivity index (χ2v) is 16.1. The fraction of sp³-hybridized carbons (Fsp3) is 0.130. The van der Waals surface area contributed by atoms with Crippen LogP contribution in [-0.4, -0.2) is 43.9 Å². The van der Waals surface area contributed by atoms with Crippen LogP contribution in [0, 0.1) is 0 Å². The maximum absolute atomic E-state index is 5.66. The zero-order chi connectivity index (χ0) is 38.5. The monoisotopic (exact) mass is 798 g/mol. The molecule has 0 amide bonds. The zero-order valence-corrected chi connectivity index (χ0v) is 32.6. The number of benzene rings is 4. The molecule has 4 aromatic carbocycles. The SMILES string of the molecule is C1=CC(c2ccccc2)(c2ccc3c(c2)OCO3)Cc2[nH]nc(-c3cscn3)c21.C1=CC(c2ccccc2)(c2ccc3c(c2)OCO3)Cc2[nH]nc(-c3nccs3)c21. The maximum Gasteiger partial charge on any atom is 0.231 e. The van der Waals surface area contributed by atoms with Gasteiger partial charge in [-0.1, -0.05) is 97.1 Å². The Morgan fingerprint density at radius 2 is 1.12 bits per heavy atom. The van der Waals surface area contributed by atoms with Crippen molar-refractivity contribution < 1.29 is 18.9 Å². The van der Waals surface area contributed by atoms with Crippen LogP contribution in [0.2, 0.25) is 0 Å². The highest BCUT2D eigenvalue weighted by Gasteiger charge is 2.39. The molecule has 58 heavy (non-hydrogen) atoms. The fourth-order valence-corrected chi connectivity index (χ4v) is 9.68. The van der Waals surface area contributed by atoms with Crippen LogP contribution in [-0.2, 0) is 23.7 Å². The van der Waals surface area contributed by atoms with Crippen LogP contribution in [0.3, 0.4) is 0 Å². The molecule has 0 saturated carbocycles. The minimum atomic E-state index is -0.318. The van der Waals surface area contributed by atoms with E-state index in [2.05, 4.69) is 127 Å². The van der Waals surface area contributed by atoms with Crippen molar-refractivity contribution in [1.82, 2.24) is 30.4 Å². The third-order valence-corrected chi connectivity index (χ3v) is 12.8. The molecule has 0 spiro atoms. The molecule has 2 N–H and O–H groups in total. The van der Waals surface area contributed by atoms with Gasteiger partial charge >= 0.3 is 0 Å². The van der Waals surface area contributed by atoms with Crippen LogP contribution in [0.15, 0.2) is 132 Å². The number of aromatic nitrogens is 6. The molecule has 4 aliphatic rings. The van der Waals surface area contributed by atoms with E-state index in [9.17, 15) is 0 Å². The number of ether oxygens (including phenoxy) is 4. The summed E-state index contributed by atoms with van der Waals surface area (Å²) in [7, 11) is 0. The Bertz CT molecular complexity index is 2620. The van der Waals surface area contributed by atoms with E-state index in [0.717, 1.165) is 80.4 Å². The molecule has 2 unspecified atom stereocenters. The van der Waals surface area contributed by atoms with Gasteiger partial charge in [0, 0.05) is 63.1 Å². The van der Waals surface area contributed by atoms with E-state index in [0.29, 0.717) is 0 Å². The minimum Gasteiger partial charge on any atom is -0.454 e. The van der Waals surface area contributed by atoms with Gasteiger partial charge in [-0.05, 0) is 46.5 Å². The van der Waals surface area contributed by atoms with Crippen molar-refractivity contribution in [2.24, 2.45) is 0 Å². The van der Waals surface area contributed by atoms with E-state index in [1.807, 2.05) is 46.7 Å². The van der Waals surface area contributed by atoms with Gasteiger partial charge in [0.15, 0.2) is 23.0 Å². The third kappa shape index (κ3) is 5.74. The highest BCUT2D eigenvalue weighted by molar-refractivity contribution is 7.13. The molecular weight excluding hydrogens is 765 g/mol. The van der Waals surface area contributed by atoms with Gasteiger partial charge < -0.3 is 18.9 Å². The predicted molar refractivity (Wildman–Crippen MR) is 224 cm³/mol. The van der Waals surface area contributed by atoms with Crippen LogP contribution >= 0.6 is 22.7 Å². The molecule has 0 saturated heterocycles. The highest BCUT2D eigenvalue weighted by Crippen LogP contribution is 2.47. The van der Waals surface area contributed by atoms with Gasteiger partial charge in [0.2, 0.25) is 13.6 Å². The van der Waals surface area contributed by atoms with Gasteiger partial charge in [0.05, 0.1) is 5.51 Å². The second kappa shape index (κ2) is 14.0. The third-order valence-electron chi connectivity index (χ3n) is 11.4. The van der Waals surface area contributed by atoms with Crippen molar-refractivity contribution in [3.63, 3.8) is 0 Å². The summed E-state index contributed by atoms with van der Waals surface area (Å²) in [6.07, 6.45) is 12.3. The molecular formula is C46H34N6O4S2. The standard InChI is InChI=1S/2C23H17N3O2S/c1-2-4-15(5-3-1)23(16-6-7-20-21(10-16)28-14-27-20)9-8-17-18(11-23)25-26-22(17)19-12-29-13-24-19;1-2-4-15(5-3-1)23(16-6-7-19-20(12-16)28-14-27-19)9-8-17-18(13-23)25-26-21(17)22-24-10-11-29-22/h1-10,12-13H,11,14H2,(H,25,26);1-12H,13-14H2,(H,25,26). The van der Waals surface area contributed by atoms with Crippen LogP contribution in [0.5, 0.6) is 23.0 Å². The Morgan fingerprint density at radius 3 is 1.66 bits per heavy atom. The number of H-pyrrole nitrogens is 2. The van der Waals surface area contributed by atoms with E-state index in [1.165, 1.54) is 22.3 Å². The quantitative estimate of drug-likeness (QED) is 0.171. The van der Waals surface area contributed by atoms with E-state index < -0.39 is 0 Å². The van der Waals surface area contributed by atoms with E-state index >= 15 is 0 Å². The molecule has 2 aliphatic heterocycles. The fourth-order valence-electron chi connectivity index (χ4n) is 8.50. The first-order valence-electron chi connectivity index (χ1n) is 18.9. The average Bonchev–Trinajstić information content (AvgIpc) is 4.15. The lowest BCUT2D eigenvalue weighted by Gasteiger charge is -2.34. The molecule has 6 heterocycles. The Hall–Kier alpha value is -6.76. The van der Waals surface area contributed by atoms with Gasteiger partial charge in [0.25, 0.3) is 0 Å². The summed E-state index contributed by atoms with van der Waals surface area (Å²) in [4.78, 5) is 8.86. The zero-order valence-electron chi connectivity index (χ0n) is 30.9. The predicted octanol–water partition coefficient (Wildman–Crippen LogP) is 9.63. The van der Waals surface area contributed by atoms with Gasteiger partial charge in [0.1, 0.15) is 22.1 Å². The van der Waals surface area contributed by atoms with Gasteiger partial charge in [-0.25, -0.2) is 9.97 Å². The Balaban J connectivity index is 0.000000133. The highest BCUT2D eigenvalue weighted by atomic mass is 32.1. The van der Waals surface area contributed by atoms with Gasteiger partial charge in [-0.3, -0.25) is 10.2 Å². The molecule has 10 nitrogen and oxygen atoms in total. The molecule has 0 bridgehead atoms. The van der Waals surface area contributed by atoms with Crippen molar-refractivity contribution in [3.8, 4) is 45.1 Å². The first-order valence-corrected chi connectivity index (χ1v) is 20.7. The van der Waals surface area contributed by atoms with E-state index in [-0.39, 0.29) is 24.4 Å². The summed E-state index contributed by atoms with van der Waals surface area (Å²) in [6, 6.07) is 33.6. The van der Waals surface area contributed by atoms with Gasteiger partial charge in [-0.15, -0.1) is 22.7 Å². The molecule has 2 aliphatic carbocycles. The Labute approximate surface area is 341 Å². The number of allylic oxidation sites excluding steroid dienone is 2. The van der Waals surface area contributed by atoms with Crippen molar-refractivity contribution in [2.45, 2.75) is 23.7 Å². The summed E-state index contributed by atoms with van der Waals surface area (Å²) in [6.45, 7) is 0.545. The summed E-state index contributed by atoms with van der Waals surface area (Å²) in [5.41, 5.74) is 13.2. The topological polar surface area (TPSA) is 120 Å². The van der Waals surface area contributed by atoms with Crippen LogP contribution in [0.4, 0.5) is 0 Å². The number of fused-ring (bicyclic) bond motifs is 4. The Kier molecular flexibility index (Phi) is 8.33. The van der Waals surface area contributed by atoms with Gasteiger partial charge in [-0.2, -0.15) is 10.2 Å². The molecule has 12 heteroatoms. The molecule has 0 radical (unpaired) electrons. The molecule has 12 rings (SSSR count). The lowest BCUT2D eigenvalue weighted by atomic mass is 9.68. The summed E-state index contributed by atoms with van der Waals surface area (Å²) in [5.74, 6) is 3.18. The molecule has 8 aromatic rings. The number of thiazole rings is 2. The molecule has 4 aromatic heterocycles. The van der Waals surface area contributed by atoms with Crippen LogP contribution in [0.1, 0.15) is 44.8 Å². The molecule has 2 atom stereocenters. The minimum absolute atomic E-state index is 0.272. The van der Waals surface area contributed by atoms with Crippen molar-refractivity contribution >= 4 is 34.8 Å². The largest absolute Gasteiger partial charge is 0.454 e. The number of hydrogen-bond acceptors (Lipinski definition) is 10. The first-order chi connectivity index (χ1) is 28.7. The summed E-state index contributed by atoms with van der Waals surface area (Å²) >= 11 is 3.18. The Morgan fingerprint density at radius 1 is 0.569 bits per heavy atom. The second-order valence-electron chi connectivity index (χ2n) is 14.5. The number of nitrogens with zero attached hydrogens (tertiary/aromatic N) is 4. The van der Waals surface area contributed by atoms with E-state index in [1.54, 1.807) is 22.7 Å². The summed E-state index contributed by atoms with van der Waals surface area (Å²) in [5, 5.41) is 20.6. The van der Waals surface area contributed by atoms with Crippen molar-refractivity contribution in [3.05, 3.63) is 176 Å². The normalized spacial score (nSPS) is 19.3. The average molecular weight is 799 g/mol. The molecule has 0 fully saturated rings. The first kappa shape index (κ1) is 34.5. The van der Waals surface area contributed by atoms with E-state index in [4.69, 9.17) is 18.9 Å². The number of rotatable bonds is 6. The number of aromatic amines is 2. The van der Waals surface area contributed by atoms with Crippen molar-refractivity contribution in [2.75, 3.05) is 13.6 Å². The van der Waals surface area contributed by atoms with Crippen molar-refractivity contribution in [1.29, 1.82) is 0 Å². The van der Waals surface area contributed by atoms with Crippen LogP contribution in [0.25, 0.3) is 34.2 Å². The maximum atomic E-state index is 5.66. The lowest BCUT2D eigenvalue weighted by molar-refractivity contribution is 0.173. The smallest absolute Gasteiger partial charge is 0.231 e. The van der Waals surface area contributed by atoms with Crippen LogP contribution < -0.4 is 18.9 Å². The summed E-state index contributed by atoms with van der Waals surface area (Å²) < 4.78 is 22.4. The number of nitrogens with one attached hydrogen (secondary N) is 2.